The Morgan fingerprint density at radius 1 is 0.575 bits per heavy atom. The van der Waals surface area contributed by atoms with Crippen LogP contribution < -0.4 is 4.74 Å². The molecule has 0 amide bonds. The van der Waals surface area contributed by atoms with Crippen molar-refractivity contribution in [3.8, 4) is 5.75 Å². The summed E-state index contributed by atoms with van der Waals surface area (Å²) in [4.78, 5) is 0. The van der Waals surface area contributed by atoms with Crippen LogP contribution in [0.15, 0.2) is 24.3 Å². The minimum atomic E-state index is -8.67. The highest BCUT2D eigenvalue weighted by Gasteiger charge is 2.95. The summed E-state index contributed by atoms with van der Waals surface area (Å²) >= 11 is 0. The third-order valence-corrected chi connectivity index (χ3v) is 5.73. The molecule has 0 aliphatic carbocycles. The molecule has 1 atom stereocenters. The molecule has 0 radical (unpaired) electrons. The van der Waals surface area contributed by atoms with Crippen LogP contribution in [0.5, 0.6) is 5.75 Å². The molecule has 0 saturated heterocycles. The molecule has 0 aromatic heterocycles. The molecule has 1 aromatic carbocycles. The Kier molecular flexibility index (Phi) is 9.46. The van der Waals surface area contributed by atoms with Crippen molar-refractivity contribution in [1.29, 1.82) is 0 Å². The van der Waals surface area contributed by atoms with Crippen molar-refractivity contribution in [3.05, 3.63) is 29.8 Å². The van der Waals surface area contributed by atoms with Gasteiger partial charge in [0.05, 0.1) is 18.6 Å². The third-order valence-electron chi connectivity index (χ3n) is 5.73. The fourth-order valence-corrected chi connectivity index (χ4v) is 3.15. The molecular weight excluding hydrogens is 607 g/mol. The summed E-state index contributed by atoms with van der Waals surface area (Å²) in [5.74, 6) is -56.7. The van der Waals surface area contributed by atoms with Crippen LogP contribution in [0.3, 0.4) is 0 Å². The van der Waals surface area contributed by atoms with Crippen molar-refractivity contribution >= 4 is 0 Å². The topological polar surface area (TPSA) is 18.5 Å². The van der Waals surface area contributed by atoms with Crippen molar-refractivity contribution in [2.24, 2.45) is 0 Å². The summed E-state index contributed by atoms with van der Waals surface area (Å²) in [5, 5.41) is 0. The lowest BCUT2D eigenvalue weighted by Gasteiger charge is -2.44. The van der Waals surface area contributed by atoms with E-state index in [4.69, 9.17) is 4.74 Å². The first-order valence-corrected chi connectivity index (χ1v) is 10.6. The normalized spacial score (nSPS) is 16.6. The van der Waals surface area contributed by atoms with Crippen molar-refractivity contribution in [3.63, 3.8) is 0 Å². The van der Waals surface area contributed by atoms with Gasteiger partial charge in [0.25, 0.3) is 0 Å². The summed E-state index contributed by atoms with van der Waals surface area (Å²) in [6, 6.07) is 3.82. The molecule has 234 valence electrons. The highest BCUT2D eigenvalue weighted by Crippen LogP contribution is 2.64. The Balaban J connectivity index is 3.58. The van der Waals surface area contributed by atoms with E-state index in [1.54, 1.807) is 6.92 Å². The number of alkyl halides is 17. The van der Waals surface area contributed by atoms with E-state index in [-0.39, 0.29) is 12.4 Å². The molecule has 0 bridgehead atoms. The zero-order chi connectivity index (χ0) is 32.0. The molecule has 1 rings (SSSR count). The van der Waals surface area contributed by atoms with Crippen LogP contribution >= 0.6 is 0 Å². The smallest absolute Gasteiger partial charge is 0.460 e. The fourth-order valence-electron chi connectivity index (χ4n) is 3.15. The van der Waals surface area contributed by atoms with Gasteiger partial charge >= 0.3 is 47.6 Å². The van der Waals surface area contributed by atoms with Crippen molar-refractivity contribution < 1.29 is 84.1 Å². The molecule has 0 spiro atoms. The number of benzene rings is 1. The lowest BCUT2D eigenvalue weighted by atomic mass is 9.83. The Labute approximate surface area is 214 Å². The summed E-state index contributed by atoms with van der Waals surface area (Å²) in [5.41, 5.74) is -3.36. The maximum absolute atomic E-state index is 14.5. The van der Waals surface area contributed by atoms with Crippen LogP contribution in [0.4, 0.5) is 74.6 Å². The Hall–Kier alpha value is -2.21. The second-order valence-corrected chi connectivity index (χ2v) is 8.63. The van der Waals surface area contributed by atoms with E-state index in [9.17, 15) is 74.6 Å². The summed E-state index contributed by atoms with van der Waals surface area (Å²) in [7, 11) is 0.538. The van der Waals surface area contributed by atoms with Gasteiger partial charge < -0.3 is 9.47 Å². The van der Waals surface area contributed by atoms with E-state index in [0.29, 0.717) is 20.5 Å². The molecule has 1 unspecified atom stereocenters. The summed E-state index contributed by atoms with van der Waals surface area (Å²) in [6.45, 7) is 2.35. The molecule has 0 aliphatic heterocycles. The maximum atomic E-state index is 14.5. The van der Waals surface area contributed by atoms with Gasteiger partial charge in [-0.25, -0.2) is 0 Å². The number of methoxy groups -OCH3 is 1. The zero-order valence-corrected chi connectivity index (χ0v) is 20.2. The first-order chi connectivity index (χ1) is 17.6. The van der Waals surface area contributed by atoms with Crippen molar-refractivity contribution in [2.75, 3.05) is 13.7 Å². The van der Waals surface area contributed by atoms with E-state index in [1.165, 1.54) is 0 Å². The van der Waals surface area contributed by atoms with Crippen LogP contribution in [0.1, 0.15) is 32.3 Å². The highest BCUT2D eigenvalue weighted by atomic mass is 19.4. The molecule has 40 heavy (non-hydrogen) atoms. The second kappa shape index (κ2) is 10.6. The van der Waals surface area contributed by atoms with E-state index in [2.05, 4.69) is 4.74 Å². The van der Waals surface area contributed by atoms with Crippen LogP contribution in [0.25, 0.3) is 0 Å². The van der Waals surface area contributed by atoms with Crippen LogP contribution in [0, 0.1) is 0 Å². The fraction of sp³-hybridized carbons (Fsp3) is 0.714. The largest absolute Gasteiger partial charge is 0.494 e. The molecule has 19 heteroatoms. The van der Waals surface area contributed by atoms with Crippen LogP contribution in [0.2, 0.25) is 0 Å². The zero-order valence-electron chi connectivity index (χ0n) is 20.2. The molecule has 0 saturated carbocycles. The lowest BCUT2D eigenvalue weighted by Crippen LogP contribution is -2.74. The van der Waals surface area contributed by atoms with Gasteiger partial charge in [-0.3, -0.25) is 0 Å². The molecule has 0 fully saturated rings. The predicted molar refractivity (Wildman–Crippen MR) is 102 cm³/mol. The number of ether oxygens (including phenoxy) is 2. The highest BCUT2D eigenvalue weighted by molar-refractivity contribution is 5.31. The van der Waals surface area contributed by atoms with Gasteiger partial charge in [0.15, 0.2) is 0 Å². The van der Waals surface area contributed by atoms with Gasteiger partial charge in [-0.2, -0.15) is 74.6 Å². The number of hydrogen-bond donors (Lipinski definition) is 0. The van der Waals surface area contributed by atoms with Crippen molar-refractivity contribution in [2.45, 2.75) is 79.9 Å². The Bertz CT molecular complexity index is 1000. The molecule has 0 N–H and O–H groups in total. The SMILES string of the molecule is CCCOc1ccc(C(C)(CC(F)(F)C(F)(F)C(F)(F)C(F)(F)C(F)(F)C(F)(F)C(F)(F)C(F)(F)F)OC)cc1. The standard InChI is InChI=1S/C21H19F17O2/c1-4-9-40-12-7-5-11(6-8-12)13(2,39-3)10-14(22,23)15(24,25)16(26,27)17(28,29)18(30,31)19(32,33)20(34,35)21(36,37)38/h5-8H,4,9-10H2,1-3H3. The third kappa shape index (κ3) is 5.37. The van der Waals surface area contributed by atoms with Gasteiger partial charge in [0, 0.05) is 7.11 Å². The van der Waals surface area contributed by atoms with Gasteiger partial charge in [-0.15, -0.1) is 0 Å². The Morgan fingerprint density at radius 3 is 1.30 bits per heavy atom. The average Bonchev–Trinajstić information content (AvgIpc) is 2.81. The quantitative estimate of drug-likeness (QED) is 0.204. The Morgan fingerprint density at radius 2 is 0.950 bits per heavy atom. The van der Waals surface area contributed by atoms with Gasteiger partial charge in [-0.05, 0) is 31.0 Å². The molecule has 2 nitrogen and oxygen atoms in total. The van der Waals surface area contributed by atoms with Gasteiger partial charge in [0.1, 0.15) is 5.75 Å². The van der Waals surface area contributed by atoms with Crippen LogP contribution in [-0.2, 0) is 10.3 Å². The van der Waals surface area contributed by atoms with Crippen LogP contribution in [-0.4, -0.2) is 61.4 Å². The van der Waals surface area contributed by atoms with Crippen molar-refractivity contribution in [1.82, 2.24) is 0 Å². The van der Waals surface area contributed by atoms with E-state index >= 15 is 0 Å². The second-order valence-electron chi connectivity index (χ2n) is 8.63. The first-order valence-electron chi connectivity index (χ1n) is 10.6. The number of halogens is 17. The predicted octanol–water partition coefficient (Wildman–Crippen LogP) is 8.74. The number of hydrogen-bond acceptors (Lipinski definition) is 2. The number of rotatable bonds is 13. The molecular formula is C21H19F17O2. The van der Waals surface area contributed by atoms with Gasteiger partial charge in [0.2, 0.25) is 0 Å². The van der Waals surface area contributed by atoms with E-state index in [1.807, 2.05) is 0 Å². The molecule has 1 aromatic rings. The monoisotopic (exact) mass is 626 g/mol. The lowest BCUT2D eigenvalue weighted by molar-refractivity contribution is -0.462. The molecule has 0 aliphatic rings. The summed E-state index contributed by atoms with van der Waals surface area (Å²) < 4.78 is 239. The first kappa shape index (κ1) is 35.8. The average molecular weight is 626 g/mol. The molecule has 0 heterocycles. The van der Waals surface area contributed by atoms with Gasteiger partial charge in [-0.1, -0.05) is 19.1 Å². The van der Waals surface area contributed by atoms with E-state index < -0.39 is 65.2 Å². The van der Waals surface area contributed by atoms with E-state index in [0.717, 1.165) is 24.3 Å². The summed E-state index contributed by atoms with van der Waals surface area (Å²) in [6.07, 6.45) is -10.0. The minimum absolute atomic E-state index is 0.0751. The minimum Gasteiger partial charge on any atom is -0.494 e. The maximum Gasteiger partial charge on any atom is 0.460 e.